The van der Waals surface area contributed by atoms with E-state index in [0.717, 1.165) is 0 Å². The second kappa shape index (κ2) is 17.8. The van der Waals surface area contributed by atoms with Gasteiger partial charge in [0.25, 0.3) is 0 Å². The zero-order valence-electron chi connectivity index (χ0n) is 1.32. The van der Waals surface area contributed by atoms with E-state index in [9.17, 15) is 0 Å². The Morgan fingerprint density at radius 1 is 1.00 bits per heavy atom. The molecule has 0 aliphatic heterocycles. The predicted molar refractivity (Wildman–Crippen MR) is 0 cm³/mol. The standard InChI is InChI=1S/Au.Co.Rh.Ru. The molecule has 0 aromatic rings. The fraction of sp³-hybridized carbons (Fsp3) is 0. The maximum atomic E-state index is 0. The smallest absolute Gasteiger partial charge is 0 e. The molecule has 0 aliphatic carbocycles. The van der Waals surface area contributed by atoms with Crippen molar-refractivity contribution in [2.45, 2.75) is 0 Å². The molecule has 0 unspecified atom stereocenters. The summed E-state index contributed by atoms with van der Waals surface area (Å²) >= 11 is 0. The van der Waals surface area contributed by atoms with Crippen molar-refractivity contribution in [1.29, 1.82) is 0 Å². The molecule has 0 amide bonds. The Morgan fingerprint density at radius 2 is 1.00 bits per heavy atom. The molecule has 0 aromatic carbocycles. The van der Waals surface area contributed by atoms with Crippen LogP contribution in [0, 0.1) is 0 Å². The van der Waals surface area contributed by atoms with Gasteiger partial charge >= 0.3 is 0 Å². The summed E-state index contributed by atoms with van der Waals surface area (Å²) in [4.78, 5) is 0. The van der Waals surface area contributed by atoms with Crippen LogP contribution in [0.2, 0.25) is 0 Å². The Labute approximate surface area is 77.1 Å². The molecular formula is AuCoRhRu. The molecule has 4 heteroatoms. The first kappa shape index (κ1) is 31.5. The van der Waals surface area contributed by atoms with Gasteiger partial charge in [0.15, 0.2) is 0 Å². The van der Waals surface area contributed by atoms with Gasteiger partial charge in [-0.3, -0.25) is 0 Å². The maximum absolute atomic E-state index is 0. The third-order valence-corrected chi connectivity index (χ3v) is 0. The Bertz CT molecular complexity index is 8.00. The molecule has 0 fully saturated rings. The van der Waals surface area contributed by atoms with Gasteiger partial charge in [0.2, 0.25) is 0 Å². The summed E-state index contributed by atoms with van der Waals surface area (Å²) in [5.74, 6) is 0. The molecule has 0 saturated carbocycles. The molecule has 3 radical (unpaired) electrons. The van der Waals surface area contributed by atoms with E-state index in [1.54, 1.807) is 0 Å². The van der Waals surface area contributed by atoms with Crippen LogP contribution in [0.4, 0.5) is 0 Å². The summed E-state index contributed by atoms with van der Waals surface area (Å²) in [6.07, 6.45) is 0. The summed E-state index contributed by atoms with van der Waals surface area (Å²) in [5, 5.41) is 0. The van der Waals surface area contributed by atoms with E-state index in [-0.39, 0.29) is 78.1 Å². The van der Waals surface area contributed by atoms with E-state index in [1.165, 1.54) is 0 Å². The molecule has 37 valence electrons. The van der Waals surface area contributed by atoms with Crippen LogP contribution in [0.1, 0.15) is 0 Å². The quantitative estimate of drug-likeness (QED) is 0.447. The van der Waals surface area contributed by atoms with E-state index in [0.29, 0.717) is 0 Å². The van der Waals surface area contributed by atoms with Gasteiger partial charge in [-0.15, -0.1) is 0 Å². The minimum absolute atomic E-state index is 0. The Kier molecular flexibility index (Phi) is 141. The second-order valence-corrected chi connectivity index (χ2v) is 0. The van der Waals surface area contributed by atoms with E-state index >= 15 is 0 Å². The fourth-order valence-corrected chi connectivity index (χ4v) is 0. The Balaban J connectivity index is 0. The van der Waals surface area contributed by atoms with Crippen LogP contribution >= 0.6 is 0 Å². The molecule has 0 N–H and O–H groups in total. The van der Waals surface area contributed by atoms with Gasteiger partial charge in [-0.25, -0.2) is 0 Å². The topological polar surface area (TPSA) is 0 Å². The summed E-state index contributed by atoms with van der Waals surface area (Å²) in [7, 11) is 0. The van der Waals surface area contributed by atoms with Crippen LogP contribution < -0.4 is 0 Å². The third-order valence-electron chi connectivity index (χ3n) is 0. The first-order valence-corrected chi connectivity index (χ1v) is 0. The number of hydrogen-bond donors (Lipinski definition) is 0. The molecular weight excluding hydrogens is 460 g/mol. The fourth-order valence-electron chi connectivity index (χ4n) is 0. The molecule has 0 aliphatic rings. The average Bonchev–Trinajstić information content (AvgIpc) is 0. The van der Waals surface area contributed by atoms with Gasteiger partial charge in [0.05, 0.1) is 0 Å². The molecule has 0 heterocycles. The molecule has 0 rings (SSSR count). The molecule has 4 heavy (non-hydrogen) atoms. The summed E-state index contributed by atoms with van der Waals surface area (Å²) < 4.78 is 0. The Hall–Kier alpha value is 2.49. The van der Waals surface area contributed by atoms with Crippen LogP contribution in [0.3, 0.4) is 0 Å². The largest absolute Gasteiger partial charge is 0 e. The molecule has 0 aromatic heterocycles. The van der Waals surface area contributed by atoms with E-state index < -0.39 is 0 Å². The first-order chi connectivity index (χ1) is 0. The number of rotatable bonds is 0. The van der Waals surface area contributed by atoms with Gasteiger partial charge in [-0.05, 0) is 0 Å². The number of hydrogen-bond acceptors (Lipinski definition) is 0. The molecule has 0 bridgehead atoms. The van der Waals surface area contributed by atoms with Gasteiger partial charge in [0.1, 0.15) is 0 Å². The third kappa shape index (κ3) is 8.82. The Morgan fingerprint density at radius 3 is 1.00 bits per heavy atom. The van der Waals surface area contributed by atoms with Crippen molar-refractivity contribution >= 4 is 0 Å². The molecule has 0 nitrogen and oxygen atoms in total. The van der Waals surface area contributed by atoms with Crippen molar-refractivity contribution in [1.82, 2.24) is 0 Å². The summed E-state index contributed by atoms with van der Waals surface area (Å²) in [5.41, 5.74) is 0. The summed E-state index contributed by atoms with van der Waals surface area (Å²) in [6.45, 7) is 0. The average molecular weight is 460 g/mol. The van der Waals surface area contributed by atoms with E-state index in [2.05, 4.69) is 0 Å². The molecule has 0 atom stereocenters. The van der Waals surface area contributed by atoms with Crippen LogP contribution in [0.5, 0.6) is 0 Å². The van der Waals surface area contributed by atoms with Crippen LogP contribution in [0.25, 0.3) is 0 Å². The van der Waals surface area contributed by atoms with Gasteiger partial charge in [-0.1, -0.05) is 0 Å². The van der Waals surface area contributed by atoms with E-state index in [1.807, 2.05) is 0 Å². The van der Waals surface area contributed by atoms with Gasteiger partial charge in [0, 0.05) is 78.1 Å². The van der Waals surface area contributed by atoms with Crippen molar-refractivity contribution in [3.8, 4) is 0 Å². The van der Waals surface area contributed by atoms with Gasteiger partial charge < -0.3 is 0 Å². The van der Waals surface area contributed by atoms with Crippen molar-refractivity contribution in [2.24, 2.45) is 0 Å². The van der Waals surface area contributed by atoms with Gasteiger partial charge in [-0.2, -0.15) is 0 Å². The normalized spacial score (nSPS) is 0. The van der Waals surface area contributed by atoms with Crippen LogP contribution in [-0.2, 0) is 78.1 Å². The molecule has 0 saturated heterocycles. The minimum atomic E-state index is 0. The first-order valence-electron chi connectivity index (χ1n) is 0. The van der Waals surface area contributed by atoms with Crippen molar-refractivity contribution in [2.75, 3.05) is 0 Å². The van der Waals surface area contributed by atoms with E-state index in [4.69, 9.17) is 0 Å². The van der Waals surface area contributed by atoms with Crippen LogP contribution in [-0.4, -0.2) is 0 Å². The monoisotopic (exact) mass is 461 g/mol. The maximum Gasteiger partial charge on any atom is 0 e. The SMILES string of the molecule is [Au].[Co].[Rh].[Ru]. The van der Waals surface area contributed by atoms with Crippen LogP contribution in [0.15, 0.2) is 0 Å². The second-order valence-electron chi connectivity index (χ2n) is 0. The van der Waals surface area contributed by atoms with Crippen molar-refractivity contribution in [3.63, 3.8) is 0 Å². The zero-order chi connectivity index (χ0) is 0. The van der Waals surface area contributed by atoms with Crippen molar-refractivity contribution < 1.29 is 78.1 Å². The van der Waals surface area contributed by atoms with Crippen molar-refractivity contribution in [3.05, 3.63) is 0 Å². The zero-order valence-corrected chi connectivity index (χ0v) is 7.91. The summed E-state index contributed by atoms with van der Waals surface area (Å²) in [6, 6.07) is 0. The predicted octanol–water partition coefficient (Wildman–Crippen LogP) is -0.0100. The minimum Gasteiger partial charge on any atom is 0 e. The molecule has 0 spiro atoms.